The lowest BCUT2D eigenvalue weighted by molar-refractivity contribution is -0.123. The maximum Gasteiger partial charge on any atom is 0.237 e. The Kier molecular flexibility index (Phi) is 6.82. The van der Waals surface area contributed by atoms with Crippen LogP contribution in [0.25, 0.3) is 0 Å². The Labute approximate surface area is 144 Å². The molecule has 4 nitrogen and oxygen atoms in total. The zero-order chi connectivity index (χ0) is 17.4. The van der Waals surface area contributed by atoms with Crippen LogP contribution >= 0.6 is 0 Å². The number of carbonyl (C=O) groups is 1. The van der Waals surface area contributed by atoms with Crippen molar-refractivity contribution in [2.24, 2.45) is 5.92 Å². The van der Waals surface area contributed by atoms with Gasteiger partial charge in [-0.1, -0.05) is 56.3 Å². The molecule has 4 heteroatoms. The van der Waals surface area contributed by atoms with Crippen molar-refractivity contribution < 1.29 is 9.53 Å². The van der Waals surface area contributed by atoms with Crippen molar-refractivity contribution in [2.45, 2.75) is 33.0 Å². The normalized spacial score (nSPS) is 12.0. The maximum atomic E-state index is 11.9. The minimum absolute atomic E-state index is 0.0211. The molecule has 1 atom stereocenters. The summed E-state index contributed by atoms with van der Waals surface area (Å²) in [6.07, 6.45) is 0. The monoisotopic (exact) mass is 326 g/mol. The lowest BCUT2D eigenvalue weighted by atomic mass is 10.0. The van der Waals surface area contributed by atoms with Gasteiger partial charge in [0.2, 0.25) is 5.91 Å². The van der Waals surface area contributed by atoms with Gasteiger partial charge in [0.15, 0.2) is 0 Å². The Morgan fingerprint density at radius 1 is 1.00 bits per heavy atom. The van der Waals surface area contributed by atoms with Gasteiger partial charge in [-0.15, -0.1) is 0 Å². The van der Waals surface area contributed by atoms with Gasteiger partial charge in [-0.05, 0) is 29.2 Å². The molecule has 128 valence electrons. The van der Waals surface area contributed by atoms with Gasteiger partial charge in [0.05, 0.1) is 6.04 Å². The minimum atomic E-state index is -0.191. The van der Waals surface area contributed by atoms with Gasteiger partial charge in [-0.25, -0.2) is 0 Å². The number of nitrogens with one attached hydrogen (secondary N) is 2. The Morgan fingerprint density at radius 2 is 1.67 bits per heavy atom. The van der Waals surface area contributed by atoms with Crippen LogP contribution in [0.4, 0.5) is 0 Å². The third-order valence-corrected chi connectivity index (χ3v) is 3.89. The van der Waals surface area contributed by atoms with Crippen molar-refractivity contribution in [2.75, 3.05) is 7.05 Å². The van der Waals surface area contributed by atoms with E-state index in [1.54, 1.807) is 7.05 Å². The Balaban J connectivity index is 1.86. The van der Waals surface area contributed by atoms with Gasteiger partial charge in [0.25, 0.3) is 0 Å². The molecule has 0 radical (unpaired) electrons. The summed E-state index contributed by atoms with van der Waals surface area (Å²) < 4.78 is 5.78. The molecule has 2 N–H and O–H groups in total. The highest BCUT2D eigenvalue weighted by Crippen LogP contribution is 2.14. The minimum Gasteiger partial charge on any atom is -0.489 e. The molecule has 0 aliphatic carbocycles. The number of amides is 1. The zero-order valence-corrected chi connectivity index (χ0v) is 14.6. The van der Waals surface area contributed by atoms with Crippen molar-refractivity contribution in [1.29, 1.82) is 0 Å². The lowest BCUT2D eigenvalue weighted by Gasteiger charge is -2.20. The molecular weight excluding hydrogens is 300 g/mol. The molecule has 1 amide bonds. The van der Waals surface area contributed by atoms with Gasteiger partial charge in [0.1, 0.15) is 12.4 Å². The Bertz CT molecular complexity index is 624. The fourth-order valence-corrected chi connectivity index (χ4v) is 2.46. The molecule has 0 saturated heterocycles. The molecule has 0 aliphatic heterocycles. The van der Waals surface area contributed by atoms with E-state index in [1.807, 2.05) is 68.4 Å². The zero-order valence-electron chi connectivity index (χ0n) is 14.6. The predicted octanol–water partition coefficient (Wildman–Crippen LogP) is 3.13. The van der Waals surface area contributed by atoms with Gasteiger partial charge in [0, 0.05) is 13.6 Å². The van der Waals surface area contributed by atoms with Gasteiger partial charge >= 0.3 is 0 Å². The molecule has 0 aromatic heterocycles. The molecule has 0 fully saturated rings. The standard InChI is InChI=1S/C20H26N2O2/c1-15(2)19(20(23)21-3)22-13-16-9-11-18(12-10-16)24-14-17-7-5-4-6-8-17/h4-12,15,19,22H,13-14H2,1-3H3,(H,21,23)/t19-/m1/s1. The van der Waals surface area contributed by atoms with E-state index >= 15 is 0 Å². The van der Waals surface area contributed by atoms with Gasteiger partial charge in [-0.3, -0.25) is 4.79 Å². The summed E-state index contributed by atoms with van der Waals surface area (Å²) in [4.78, 5) is 11.9. The highest BCUT2D eigenvalue weighted by Gasteiger charge is 2.19. The summed E-state index contributed by atoms with van der Waals surface area (Å²) in [5.74, 6) is 1.10. The summed E-state index contributed by atoms with van der Waals surface area (Å²) in [5, 5.41) is 6.01. The topological polar surface area (TPSA) is 50.4 Å². The number of hydrogen-bond donors (Lipinski definition) is 2. The summed E-state index contributed by atoms with van der Waals surface area (Å²) in [6, 6.07) is 17.9. The smallest absolute Gasteiger partial charge is 0.237 e. The first-order chi connectivity index (χ1) is 11.6. The van der Waals surface area contributed by atoms with E-state index in [4.69, 9.17) is 4.74 Å². The molecule has 2 aromatic rings. The number of benzene rings is 2. The largest absolute Gasteiger partial charge is 0.489 e. The molecule has 0 saturated carbocycles. The van der Waals surface area contributed by atoms with E-state index in [2.05, 4.69) is 10.6 Å². The van der Waals surface area contributed by atoms with E-state index in [0.717, 1.165) is 16.9 Å². The third kappa shape index (κ3) is 5.39. The van der Waals surface area contributed by atoms with E-state index in [9.17, 15) is 4.79 Å². The van der Waals surface area contributed by atoms with Crippen LogP contribution in [-0.2, 0) is 17.9 Å². The van der Waals surface area contributed by atoms with Gasteiger partial charge in [-0.2, -0.15) is 0 Å². The lowest BCUT2D eigenvalue weighted by Crippen LogP contribution is -2.45. The molecule has 0 spiro atoms. The van der Waals surface area contributed by atoms with E-state index in [1.165, 1.54) is 0 Å². The van der Waals surface area contributed by atoms with Crippen molar-refractivity contribution in [3.8, 4) is 5.75 Å². The van der Waals surface area contributed by atoms with Crippen LogP contribution in [0, 0.1) is 5.92 Å². The fourth-order valence-electron chi connectivity index (χ4n) is 2.46. The molecule has 0 aliphatic rings. The van der Waals surface area contributed by atoms with Crippen LogP contribution < -0.4 is 15.4 Å². The third-order valence-electron chi connectivity index (χ3n) is 3.89. The number of carbonyl (C=O) groups excluding carboxylic acids is 1. The molecule has 2 rings (SSSR count). The number of likely N-dealkylation sites (N-methyl/N-ethyl adjacent to an activating group) is 1. The van der Waals surface area contributed by atoms with Crippen LogP contribution in [0.5, 0.6) is 5.75 Å². The van der Waals surface area contributed by atoms with E-state index in [0.29, 0.717) is 13.2 Å². The SMILES string of the molecule is CNC(=O)[C@H](NCc1ccc(OCc2ccccc2)cc1)C(C)C. The Morgan fingerprint density at radius 3 is 2.25 bits per heavy atom. The van der Waals surface area contributed by atoms with Crippen molar-refractivity contribution in [3.63, 3.8) is 0 Å². The van der Waals surface area contributed by atoms with Crippen molar-refractivity contribution in [3.05, 3.63) is 65.7 Å². The summed E-state index contributed by atoms with van der Waals surface area (Å²) in [6.45, 7) is 5.28. The van der Waals surface area contributed by atoms with Crippen LogP contribution in [0.15, 0.2) is 54.6 Å². The van der Waals surface area contributed by atoms with E-state index < -0.39 is 0 Å². The fraction of sp³-hybridized carbons (Fsp3) is 0.350. The van der Waals surface area contributed by atoms with Crippen molar-refractivity contribution >= 4 is 5.91 Å². The number of ether oxygens (including phenoxy) is 1. The van der Waals surface area contributed by atoms with Crippen LogP contribution in [0.2, 0.25) is 0 Å². The summed E-state index contributed by atoms with van der Waals surface area (Å²) >= 11 is 0. The summed E-state index contributed by atoms with van der Waals surface area (Å²) in [7, 11) is 1.66. The maximum absolute atomic E-state index is 11.9. The average molecular weight is 326 g/mol. The molecule has 0 unspecified atom stereocenters. The molecule has 24 heavy (non-hydrogen) atoms. The number of hydrogen-bond acceptors (Lipinski definition) is 3. The highest BCUT2D eigenvalue weighted by atomic mass is 16.5. The second kappa shape index (κ2) is 9.08. The first-order valence-corrected chi connectivity index (χ1v) is 8.31. The average Bonchev–Trinajstić information content (AvgIpc) is 2.61. The van der Waals surface area contributed by atoms with Crippen LogP contribution in [0.1, 0.15) is 25.0 Å². The van der Waals surface area contributed by atoms with E-state index in [-0.39, 0.29) is 17.9 Å². The molecule has 0 bridgehead atoms. The van der Waals surface area contributed by atoms with Crippen LogP contribution in [0.3, 0.4) is 0 Å². The first kappa shape index (κ1) is 18.0. The molecule has 2 aromatic carbocycles. The molecular formula is C20H26N2O2. The van der Waals surface area contributed by atoms with Crippen LogP contribution in [-0.4, -0.2) is 19.0 Å². The van der Waals surface area contributed by atoms with Gasteiger partial charge < -0.3 is 15.4 Å². The molecule has 0 heterocycles. The number of rotatable bonds is 8. The Hall–Kier alpha value is -2.33. The first-order valence-electron chi connectivity index (χ1n) is 8.31. The second-order valence-electron chi connectivity index (χ2n) is 6.14. The quantitative estimate of drug-likeness (QED) is 0.783. The second-order valence-corrected chi connectivity index (χ2v) is 6.14. The summed E-state index contributed by atoms with van der Waals surface area (Å²) in [5.41, 5.74) is 2.27. The predicted molar refractivity (Wildman–Crippen MR) is 96.7 cm³/mol. The highest BCUT2D eigenvalue weighted by molar-refractivity contribution is 5.81. The van der Waals surface area contributed by atoms with Crippen molar-refractivity contribution in [1.82, 2.24) is 10.6 Å².